The van der Waals surface area contributed by atoms with Gasteiger partial charge in [0.15, 0.2) is 0 Å². The van der Waals surface area contributed by atoms with Crippen molar-refractivity contribution in [2.24, 2.45) is 5.73 Å². The topological polar surface area (TPSA) is 56.5 Å². The Labute approximate surface area is 111 Å². The molecule has 0 fully saturated rings. The maximum atomic E-state index is 5.60. The molecule has 0 saturated carbocycles. The Morgan fingerprint density at radius 1 is 1.41 bits per heavy atom. The summed E-state index contributed by atoms with van der Waals surface area (Å²) in [6.45, 7) is 1.82. The molecule has 96 valence electrons. The van der Waals surface area contributed by atoms with Crippen molar-refractivity contribution in [3.8, 4) is 0 Å². The van der Waals surface area contributed by atoms with Gasteiger partial charge in [0, 0.05) is 37.5 Å². The van der Waals surface area contributed by atoms with Crippen LogP contribution in [0.5, 0.6) is 0 Å². The van der Waals surface area contributed by atoms with Crippen molar-refractivity contribution in [3.63, 3.8) is 0 Å². The predicted octanol–water partition coefficient (Wildman–Crippen LogP) is 1.98. The number of anilines is 1. The third-order valence-electron chi connectivity index (χ3n) is 2.49. The number of halogens is 1. The van der Waals surface area contributed by atoms with Crippen LogP contribution >= 0.6 is 15.9 Å². The van der Waals surface area contributed by atoms with Gasteiger partial charge in [-0.25, -0.2) is 0 Å². The lowest BCUT2D eigenvalue weighted by Gasteiger charge is -2.16. The largest absolute Gasteiger partial charge is 0.382 e. The number of ether oxygens (including phenoxy) is 2. The van der Waals surface area contributed by atoms with Crippen LogP contribution in [0.3, 0.4) is 0 Å². The van der Waals surface area contributed by atoms with E-state index in [0.29, 0.717) is 19.7 Å². The van der Waals surface area contributed by atoms with Gasteiger partial charge >= 0.3 is 0 Å². The van der Waals surface area contributed by atoms with Gasteiger partial charge in [0.1, 0.15) is 0 Å². The second kappa shape index (κ2) is 7.66. The first-order valence-electron chi connectivity index (χ1n) is 5.45. The van der Waals surface area contributed by atoms with Gasteiger partial charge in [-0.15, -0.1) is 0 Å². The monoisotopic (exact) mass is 302 g/mol. The maximum Gasteiger partial charge on any atom is 0.0976 e. The van der Waals surface area contributed by atoms with Crippen LogP contribution < -0.4 is 11.1 Å². The molecule has 0 aliphatic heterocycles. The predicted molar refractivity (Wildman–Crippen MR) is 73.2 cm³/mol. The van der Waals surface area contributed by atoms with Crippen molar-refractivity contribution >= 4 is 21.6 Å². The van der Waals surface area contributed by atoms with Gasteiger partial charge < -0.3 is 20.5 Å². The molecule has 0 aliphatic carbocycles. The van der Waals surface area contributed by atoms with E-state index < -0.39 is 0 Å². The molecule has 1 unspecified atom stereocenters. The minimum atomic E-state index is 0.0490. The zero-order valence-electron chi connectivity index (χ0n) is 10.2. The highest BCUT2D eigenvalue weighted by molar-refractivity contribution is 9.10. The summed E-state index contributed by atoms with van der Waals surface area (Å²) >= 11 is 3.49. The van der Waals surface area contributed by atoms with Gasteiger partial charge in [-0.1, -0.05) is 22.0 Å². The molecule has 1 aromatic rings. The molecule has 1 atom stereocenters. The highest BCUT2D eigenvalue weighted by Crippen LogP contribution is 2.21. The van der Waals surface area contributed by atoms with Gasteiger partial charge in [0.25, 0.3) is 0 Å². The summed E-state index contributed by atoms with van der Waals surface area (Å²) in [5, 5.41) is 3.30. The number of nitrogens with one attached hydrogen (secondary N) is 1. The van der Waals surface area contributed by atoms with Crippen molar-refractivity contribution in [2.45, 2.75) is 12.6 Å². The zero-order chi connectivity index (χ0) is 12.7. The highest BCUT2D eigenvalue weighted by Gasteiger charge is 2.06. The third kappa shape index (κ3) is 4.63. The molecule has 0 amide bonds. The van der Waals surface area contributed by atoms with E-state index in [0.717, 1.165) is 15.7 Å². The van der Waals surface area contributed by atoms with Crippen LogP contribution in [0.1, 0.15) is 5.56 Å². The number of nitrogens with two attached hydrogens (primary N) is 1. The molecule has 0 saturated heterocycles. The zero-order valence-corrected chi connectivity index (χ0v) is 11.8. The van der Waals surface area contributed by atoms with E-state index in [1.807, 2.05) is 18.2 Å². The highest BCUT2D eigenvalue weighted by atomic mass is 79.9. The second-order valence-corrected chi connectivity index (χ2v) is 4.56. The first-order valence-corrected chi connectivity index (χ1v) is 6.24. The van der Waals surface area contributed by atoms with Crippen LogP contribution in [-0.4, -0.2) is 33.5 Å². The summed E-state index contributed by atoms with van der Waals surface area (Å²) in [7, 11) is 3.34. The molecular formula is C12H19BrN2O2. The fourth-order valence-corrected chi connectivity index (χ4v) is 1.99. The Bertz CT molecular complexity index is 347. The average molecular weight is 303 g/mol. The van der Waals surface area contributed by atoms with Gasteiger partial charge in [-0.05, 0) is 17.7 Å². The SMILES string of the molecule is COCC(CNc1ccc(CN)c(Br)c1)OC. The molecule has 0 spiro atoms. The Morgan fingerprint density at radius 3 is 2.71 bits per heavy atom. The minimum Gasteiger partial charge on any atom is -0.382 e. The Hall–Kier alpha value is -0.620. The molecule has 3 N–H and O–H groups in total. The quantitative estimate of drug-likeness (QED) is 0.809. The van der Waals surface area contributed by atoms with Crippen LogP contribution in [-0.2, 0) is 16.0 Å². The molecule has 5 heteroatoms. The maximum absolute atomic E-state index is 5.60. The van der Waals surface area contributed by atoms with Crippen LogP contribution in [0, 0.1) is 0 Å². The van der Waals surface area contributed by atoms with Crippen molar-refractivity contribution < 1.29 is 9.47 Å². The Balaban J connectivity index is 2.54. The summed E-state index contributed by atoms with van der Waals surface area (Å²) in [4.78, 5) is 0. The molecule has 0 aliphatic rings. The fraction of sp³-hybridized carbons (Fsp3) is 0.500. The molecule has 4 nitrogen and oxygen atoms in total. The van der Waals surface area contributed by atoms with Crippen LogP contribution in [0.15, 0.2) is 22.7 Å². The van der Waals surface area contributed by atoms with E-state index in [4.69, 9.17) is 15.2 Å². The lowest BCUT2D eigenvalue weighted by Crippen LogP contribution is -2.26. The van der Waals surface area contributed by atoms with Crippen LogP contribution in [0.4, 0.5) is 5.69 Å². The van der Waals surface area contributed by atoms with E-state index in [2.05, 4.69) is 21.2 Å². The van der Waals surface area contributed by atoms with E-state index in [-0.39, 0.29) is 6.10 Å². The molecule has 0 bridgehead atoms. The van der Waals surface area contributed by atoms with E-state index in [9.17, 15) is 0 Å². The molecule has 0 aromatic heterocycles. The van der Waals surface area contributed by atoms with Crippen LogP contribution in [0.25, 0.3) is 0 Å². The van der Waals surface area contributed by atoms with Crippen LogP contribution in [0.2, 0.25) is 0 Å². The molecule has 0 heterocycles. The lowest BCUT2D eigenvalue weighted by molar-refractivity contribution is 0.0365. The smallest absolute Gasteiger partial charge is 0.0976 e. The number of methoxy groups -OCH3 is 2. The third-order valence-corrected chi connectivity index (χ3v) is 3.23. The summed E-state index contributed by atoms with van der Waals surface area (Å²) in [6, 6.07) is 6.03. The second-order valence-electron chi connectivity index (χ2n) is 3.70. The standard InChI is InChI=1S/C12H19BrN2O2/c1-16-8-11(17-2)7-15-10-4-3-9(6-14)12(13)5-10/h3-5,11,15H,6-8,14H2,1-2H3. The van der Waals surface area contributed by atoms with Crippen molar-refractivity contribution in [2.75, 3.05) is 32.7 Å². The molecule has 17 heavy (non-hydrogen) atoms. The molecule has 1 aromatic carbocycles. The first-order chi connectivity index (χ1) is 8.21. The normalized spacial score (nSPS) is 12.5. The molecular weight excluding hydrogens is 284 g/mol. The summed E-state index contributed by atoms with van der Waals surface area (Å²) in [6.07, 6.45) is 0.0490. The Kier molecular flexibility index (Phi) is 6.50. The van der Waals surface area contributed by atoms with E-state index in [1.165, 1.54) is 0 Å². The average Bonchev–Trinajstić information content (AvgIpc) is 2.34. The number of rotatable bonds is 7. The van der Waals surface area contributed by atoms with Gasteiger partial charge in [-0.2, -0.15) is 0 Å². The summed E-state index contributed by atoms with van der Waals surface area (Å²) in [5.41, 5.74) is 7.72. The fourth-order valence-electron chi connectivity index (χ4n) is 1.45. The number of hydrogen-bond acceptors (Lipinski definition) is 4. The minimum absolute atomic E-state index is 0.0490. The van der Waals surface area contributed by atoms with Gasteiger partial charge in [0.2, 0.25) is 0 Å². The molecule has 0 radical (unpaired) electrons. The summed E-state index contributed by atoms with van der Waals surface area (Å²) in [5.74, 6) is 0. The van der Waals surface area contributed by atoms with E-state index in [1.54, 1.807) is 14.2 Å². The first kappa shape index (κ1) is 14.4. The van der Waals surface area contributed by atoms with Crippen molar-refractivity contribution in [1.82, 2.24) is 0 Å². The number of benzene rings is 1. The Morgan fingerprint density at radius 2 is 2.18 bits per heavy atom. The lowest BCUT2D eigenvalue weighted by atomic mass is 10.2. The summed E-state index contributed by atoms with van der Waals surface area (Å²) < 4.78 is 11.3. The van der Waals surface area contributed by atoms with Crippen molar-refractivity contribution in [1.29, 1.82) is 0 Å². The molecule has 1 rings (SSSR count). The van der Waals surface area contributed by atoms with Crippen molar-refractivity contribution in [3.05, 3.63) is 28.2 Å². The number of hydrogen-bond donors (Lipinski definition) is 2. The van der Waals surface area contributed by atoms with Gasteiger partial charge in [-0.3, -0.25) is 0 Å². The van der Waals surface area contributed by atoms with E-state index >= 15 is 0 Å². The van der Waals surface area contributed by atoms with Gasteiger partial charge in [0.05, 0.1) is 12.7 Å².